The van der Waals surface area contributed by atoms with E-state index in [1.165, 1.54) is 12.8 Å². The molecule has 1 aromatic rings. The molecule has 0 amide bonds. The molecule has 4 heteroatoms. The van der Waals surface area contributed by atoms with E-state index in [1.807, 2.05) is 12.3 Å². The number of piperidine rings is 1. The predicted octanol–water partition coefficient (Wildman–Crippen LogP) is 0.975. The van der Waals surface area contributed by atoms with Crippen LogP contribution in [0.2, 0.25) is 0 Å². The summed E-state index contributed by atoms with van der Waals surface area (Å²) in [7, 11) is 0. The molecule has 3 N–H and O–H groups in total. The maximum Gasteiger partial charge on any atom is 0.123 e. The van der Waals surface area contributed by atoms with E-state index >= 15 is 0 Å². The van der Waals surface area contributed by atoms with Crippen molar-refractivity contribution in [1.82, 2.24) is 10.2 Å². The second kappa shape index (κ2) is 4.46. The van der Waals surface area contributed by atoms with Crippen LogP contribution in [0.3, 0.4) is 0 Å². The predicted molar refractivity (Wildman–Crippen MR) is 57.2 cm³/mol. The molecule has 1 aliphatic heterocycles. The molecule has 0 aliphatic carbocycles. The number of nitrogens with one attached hydrogen (secondary N) is 1. The van der Waals surface area contributed by atoms with Crippen molar-refractivity contribution in [3.8, 4) is 0 Å². The summed E-state index contributed by atoms with van der Waals surface area (Å²) in [4.78, 5) is 2.37. The van der Waals surface area contributed by atoms with Gasteiger partial charge in [0.15, 0.2) is 0 Å². The van der Waals surface area contributed by atoms with Gasteiger partial charge in [0.1, 0.15) is 5.82 Å². The first-order valence-electron chi connectivity index (χ1n) is 5.34. The Morgan fingerprint density at radius 1 is 1.64 bits per heavy atom. The third-order valence-electron chi connectivity index (χ3n) is 2.92. The summed E-state index contributed by atoms with van der Waals surface area (Å²) in [5.74, 6) is 1.91. The summed E-state index contributed by atoms with van der Waals surface area (Å²) in [6, 6.07) is 2.03. The molecule has 0 aromatic carbocycles. The van der Waals surface area contributed by atoms with E-state index in [0.717, 1.165) is 37.8 Å². The fraction of sp³-hybridized carbons (Fsp3) is 0.700. The van der Waals surface area contributed by atoms with Crippen molar-refractivity contribution in [2.45, 2.75) is 19.3 Å². The number of anilines is 1. The smallest absolute Gasteiger partial charge is 0.123 e. The van der Waals surface area contributed by atoms with Crippen LogP contribution in [-0.4, -0.2) is 29.8 Å². The third-order valence-corrected chi connectivity index (χ3v) is 2.92. The normalized spacial score (nSPS) is 22.6. The molecule has 1 fully saturated rings. The van der Waals surface area contributed by atoms with Gasteiger partial charge < -0.3 is 10.6 Å². The highest BCUT2D eigenvalue weighted by atomic mass is 15.3. The molecule has 0 spiro atoms. The first-order valence-corrected chi connectivity index (χ1v) is 5.34. The minimum Gasteiger partial charge on any atom is -0.357 e. The van der Waals surface area contributed by atoms with Crippen LogP contribution in [0.1, 0.15) is 19.3 Å². The van der Waals surface area contributed by atoms with E-state index in [9.17, 15) is 0 Å². The van der Waals surface area contributed by atoms with Crippen molar-refractivity contribution in [3.05, 3.63) is 12.3 Å². The topological polar surface area (TPSA) is 57.9 Å². The average molecular weight is 194 g/mol. The number of nitrogens with zero attached hydrogens (tertiary/aromatic N) is 2. The van der Waals surface area contributed by atoms with Gasteiger partial charge >= 0.3 is 0 Å². The van der Waals surface area contributed by atoms with Crippen molar-refractivity contribution >= 4 is 5.82 Å². The van der Waals surface area contributed by atoms with E-state index < -0.39 is 0 Å². The molecule has 1 unspecified atom stereocenters. The van der Waals surface area contributed by atoms with Crippen molar-refractivity contribution in [1.29, 1.82) is 0 Å². The van der Waals surface area contributed by atoms with Crippen molar-refractivity contribution in [2.75, 3.05) is 24.5 Å². The molecule has 1 aromatic heterocycles. The molecule has 78 valence electrons. The van der Waals surface area contributed by atoms with Crippen molar-refractivity contribution < 1.29 is 0 Å². The third kappa shape index (κ3) is 2.07. The summed E-state index contributed by atoms with van der Waals surface area (Å²) < 4.78 is 0. The summed E-state index contributed by atoms with van der Waals surface area (Å²) in [6.07, 6.45) is 5.54. The Labute approximate surface area is 84.5 Å². The quantitative estimate of drug-likeness (QED) is 0.754. The van der Waals surface area contributed by atoms with Crippen LogP contribution in [0.5, 0.6) is 0 Å². The van der Waals surface area contributed by atoms with Gasteiger partial charge in [0, 0.05) is 19.2 Å². The zero-order valence-electron chi connectivity index (χ0n) is 8.45. The standard InChI is InChI=1S/C10H18N4/c11-5-3-9-2-1-7-14(8-9)10-4-6-12-13-10/h4,6,9H,1-3,5,7-8,11H2,(H,12,13). The van der Waals surface area contributed by atoms with Gasteiger partial charge in [-0.05, 0) is 31.7 Å². The highest BCUT2D eigenvalue weighted by molar-refractivity contribution is 5.36. The molecular weight excluding hydrogens is 176 g/mol. The van der Waals surface area contributed by atoms with Gasteiger partial charge in [0.2, 0.25) is 0 Å². The van der Waals surface area contributed by atoms with E-state index in [2.05, 4.69) is 15.1 Å². The SMILES string of the molecule is NCCC1CCCN(c2ccn[nH]2)C1. The Balaban J connectivity index is 1.94. The molecular formula is C10H18N4. The van der Waals surface area contributed by atoms with Crippen molar-refractivity contribution in [3.63, 3.8) is 0 Å². The molecule has 0 radical (unpaired) electrons. The average Bonchev–Trinajstić information content (AvgIpc) is 2.71. The summed E-state index contributed by atoms with van der Waals surface area (Å²) in [5.41, 5.74) is 5.58. The molecule has 0 bridgehead atoms. The number of aromatic amines is 1. The van der Waals surface area contributed by atoms with Crippen LogP contribution in [0, 0.1) is 5.92 Å². The van der Waals surface area contributed by atoms with E-state index in [0.29, 0.717) is 0 Å². The lowest BCUT2D eigenvalue weighted by Gasteiger charge is -2.33. The minimum atomic E-state index is 0.761. The minimum absolute atomic E-state index is 0.761. The lowest BCUT2D eigenvalue weighted by Crippen LogP contribution is -2.36. The highest BCUT2D eigenvalue weighted by Gasteiger charge is 2.19. The number of nitrogens with two attached hydrogens (primary N) is 1. The largest absolute Gasteiger partial charge is 0.357 e. The molecule has 4 nitrogen and oxygen atoms in total. The first kappa shape index (κ1) is 9.52. The maximum atomic E-state index is 5.58. The number of rotatable bonds is 3. The Morgan fingerprint density at radius 2 is 2.57 bits per heavy atom. The van der Waals surface area contributed by atoms with Crippen LogP contribution >= 0.6 is 0 Å². The van der Waals surface area contributed by atoms with E-state index in [1.54, 1.807) is 0 Å². The van der Waals surface area contributed by atoms with Crippen LogP contribution in [0.15, 0.2) is 12.3 Å². The van der Waals surface area contributed by atoms with Gasteiger partial charge in [-0.1, -0.05) is 0 Å². The van der Waals surface area contributed by atoms with Crippen LogP contribution < -0.4 is 10.6 Å². The summed E-state index contributed by atoms with van der Waals surface area (Å²) in [5, 5.41) is 6.99. The van der Waals surface area contributed by atoms with Crippen LogP contribution in [0.25, 0.3) is 0 Å². The van der Waals surface area contributed by atoms with Gasteiger partial charge in [-0.2, -0.15) is 5.10 Å². The van der Waals surface area contributed by atoms with E-state index in [4.69, 9.17) is 5.73 Å². The molecule has 1 atom stereocenters. The van der Waals surface area contributed by atoms with Crippen LogP contribution in [0.4, 0.5) is 5.82 Å². The molecule has 1 aliphatic rings. The Bertz CT molecular complexity index is 255. The summed E-state index contributed by atoms with van der Waals surface area (Å²) in [6.45, 7) is 3.07. The Kier molecular flexibility index (Phi) is 3.03. The van der Waals surface area contributed by atoms with E-state index in [-0.39, 0.29) is 0 Å². The number of aromatic nitrogens is 2. The zero-order chi connectivity index (χ0) is 9.80. The summed E-state index contributed by atoms with van der Waals surface area (Å²) >= 11 is 0. The Hall–Kier alpha value is -1.03. The van der Waals surface area contributed by atoms with Crippen LogP contribution in [-0.2, 0) is 0 Å². The molecule has 1 saturated heterocycles. The lowest BCUT2D eigenvalue weighted by molar-refractivity contribution is 0.394. The Morgan fingerprint density at radius 3 is 3.29 bits per heavy atom. The molecule has 2 rings (SSSR count). The first-order chi connectivity index (χ1) is 6.90. The molecule has 14 heavy (non-hydrogen) atoms. The van der Waals surface area contributed by atoms with Gasteiger partial charge in [-0.3, -0.25) is 5.10 Å². The number of H-pyrrole nitrogens is 1. The lowest BCUT2D eigenvalue weighted by atomic mass is 9.95. The second-order valence-corrected chi connectivity index (χ2v) is 3.97. The fourth-order valence-electron chi connectivity index (χ4n) is 2.18. The maximum absolute atomic E-state index is 5.58. The monoisotopic (exact) mass is 194 g/mol. The highest BCUT2D eigenvalue weighted by Crippen LogP contribution is 2.22. The molecule has 2 heterocycles. The molecule has 0 saturated carbocycles. The van der Waals surface area contributed by atoms with Gasteiger partial charge in [-0.25, -0.2) is 0 Å². The van der Waals surface area contributed by atoms with Crippen molar-refractivity contribution in [2.24, 2.45) is 11.7 Å². The van der Waals surface area contributed by atoms with Gasteiger partial charge in [0.05, 0.1) is 6.20 Å². The zero-order valence-corrected chi connectivity index (χ0v) is 8.45. The number of hydrogen-bond donors (Lipinski definition) is 2. The van der Waals surface area contributed by atoms with Gasteiger partial charge in [0.25, 0.3) is 0 Å². The van der Waals surface area contributed by atoms with Gasteiger partial charge in [-0.15, -0.1) is 0 Å². The fourth-order valence-corrected chi connectivity index (χ4v) is 2.18. The number of hydrogen-bond acceptors (Lipinski definition) is 3. The second-order valence-electron chi connectivity index (χ2n) is 3.97.